The zero-order chi connectivity index (χ0) is 16.9. The number of nitrogens with two attached hydrogens (primary N) is 1. The lowest BCUT2D eigenvalue weighted by atomic mass is 9.89. The molecular weight excluding hydrogens is 300 g/mol. The van der Waals surface area contributed by atoms with Crippen LogP contribution >= 0.6 is 0 Å². The summed E-state index contributed by atoms with van der Waals surface area (Å²) < 4.78 is 4.74. The Bertz CT molecular complexity index is 670. The lowest BCUT2D eigenvalue weighted by Crippen LogP contribution is -2.23. The van der Waals surface area contributed by atoms with E-state index in [1.165, 1.54) is 18.2 Å². The van der Waals surface area contributed by atoms with Gasteiger partial charge >= 0.3 is 5.97 Å². The van der Waals surface area contributed by atoms with E-state index in [1.54, 1.807) is 0 Å². The zero-order valence-electron chi connectivity index (χ0n) is 14.0. The van der Waals surface area contributed by atoms with Gasteiger partial charge in [-0.25, -0.2) is 4.79 Å². The van der Waals surface area contributed by atoms with Crippen molar-refractivity contribution in [3.63, 3.8) is 0 Å². The highest BCUT2D eigenvalue weighted by molar-refractivity contribution is 5.89. The van der Waals surface area contributed by atoms with Crippen LogP contribution in [0.4, 0.5) is 0 Å². The van der Waals surface area contributed by atoms with E-state index in [4.69, 9.17) is 10.5 Å². The molecule has 2 aromatic carbocycles. The molecule has 0 spiro atoms. The highest BCUT2D eigenvalue weighted by Crippen LogP contribution is 2.32. The Morgan fingerprint density at radius 2 is 1.83 bits per heavy atom. The molecule has 2 N–H and O–H groups in total. The molecule has 24 heavy (non-hydrogen) atoms. The summed E-state index contributed by atoms with van der Waals surface area (Å²) in [5, 5.41) is 0. The highest BCUT2D eigenvalue weighted by atomic mass is 16.5. The summed E-state index contributed by atoms with van der Waals surface area (Å²) in [6.07, 6.45) is 0. The SMILES string of the molecule is COC(=O)c1ccc(CN2C[C@@H](CN)[C@H](c3ccccc3)C2)cc1. The molecule has 3 rings (SSSR count). The third kappa shape index (κ3) is 3.66. The van der Waals surface area contributed by atoms with Crippen LogP contribution in [0.1, 0.15) is 27.4 Å². The van der Waals surface area contributed by atoms with Crippen LogP contribution < -0.4 is 5.73 Å². The standard InChI is InChI=1S/C20H24N2O2/c1-24-20(23)17-9-7-15(8-10-17)12-22-13-18(11-21)19(14-22)16-5-3-2-4-6-16/h2-10,18-19H,11-14,21H2,1H3/t18-,19+/m1/s1. The molecule has 0 amide bonds. The van der Waals surface area contributed by atoms with Crippen LogP contribution in [-0.4, -0.2) is 37.6 Å². The fourth-order valence-corrected chi connectivity index (χ4v) is 3.53. The van der Waals surface area contributed by atoms with Gasteiger partial charge in [0.15, 0.2) is 0 Å². The fraction of sp³-hybridized carbons (Fsp3) is 0.350. The van der Waals surface area contributed by atoms with Crippen molar-refractivity contribution in [3.8, 4) is 0 Å². The number of carbonyl (C=O) groups is 1. The molecule has 0 radical (unpaired) electrons. The second-order valence-corrected chi connectivity index (χ2v) is 6.40. The third-order valence-electron chi connectivity index (χ3n) is 4.83. The molecule has 1 saturated heterocycles. The molecule has 0 bridgehead atoms. The van der Waals surface area contributed by atoms with Crippen molar-refractivity contribution in [1.82, 2.24) is 4.90 Å². The number of nitrogens with zero attached hydrogens (tertiary/aromatic N) is 1. The Morgan fingerprint density at radius 1 is 1.12 bits per heavy atom. The van der Waals surface area contributed by atoms with Crippen LogP contribution in [0.3, 0.4) is 0 Å². The molecule has 1 aliphatic heterocycles. The second-order valence-electron chi connectivity index (χ2n) is 6.40. The lowest BCUT2D eigenvalue weighted by Gasteiger charge is -2.17. The molecule has 2 aromatic rings. The van der Waals surface area contributed by atoms with Crippen LogP contribution in [0.2, 0.25) is 0 Å². The van der Waals surface area contributed by atoms with E-state index in [2.05, 4.69) is 35.2 Å². The van der Waals surface area contributed by atoms with E-state index < -0.39 is 0 Å². The fourth-order valence-electron chi connectivity index (χ4n) is 3.53. The van der Waals surface area contributed by atoms with Gasteiger partial charge in [-0.2, -0.15) is 0 Å². The molecule has 4 heteroatoms. The molecule has 1 aliphatic rings. The number of benzene rings is 2. The minimum Gasteiger partial charge on any atom is -0.465 e. The minimum absolute atomic E-state index is 0.296. The molecule has 0 unspecified atom stereocenters. The number of ether oxygens (including phenoxy) is 1. The van der Waals surface area contributed by atoms with Gasteiger partial charge in [-0.05, 0) is 35.7 Å². The normalized spacial score (nSPS) is 20.9. The average Bonchev–Trinajstić information content (AvgIpc) is 3.05. The number of likely N-dealkylation sites (tertiary alicyclic amines) is 1. The van der Waals surface area contributed by atoms with Crippen molar-refractivity contribution in [2.24, 2.45) is 11.7 Å². The summed E-state index contributed by atoms with van der Waals surface area (Å²) in [6, 6.07) is 18.3. The smallest absolute Gasteiger partial charge is 0.337 e. The number of rotatable bonds is 5. The van der Waals surface area contributed by atoms with Gasteiger partial charge in [0.25, 0.3) is 0 Å². The van der Waals surface area contributed by atoms with Crippen LogP contribution in [0, 0.1) is 5.92 Å². The van der Waals surface area contributed by atoms with E-state index in [0.29, 0.717) is 23.9 Å². The van der Waals surface area contributed by atoms with Gasteiger partial charge < -0.3 is 10.5 Å². The first-order valence-electron chi connectivity index (χ1n) is 8.36. The van der Waals surface area contributed by atoms with Crippen molar-refractivity contribution in [2.45, 2.75) is 12.5 Å². The van der Waals surface area contributed by atoms with Gasteiger partial charge in [-0.1, -0.05) is 42.5 Å². The van der Waals surface area contributed by atoms with Crippen molar-refractivity contribution in [2.75, 3.05) is 26.7 Å². The number of carbonyl (C=O) groups excluding carboxylic acids is 1. The molecule has 1 fully saturated rings. The monoisotopic (exact) mass is 324 g/mol. The van der Waals surface area contributed by atoms with Gasteiger partial charge in [0.2, 0.25) is 0 Å². The Morgan fingerprint density at radius 3 is 2.46 bits per heavy atom. The van der Waals surface area contributed by atoms with Crippen LogP contribution in [0.15, 0.2) is 54.6 Å². The Labute approximate surface area is 143 Å². The predicted molar refractivity (Wildman–Crippen MR) is 94.8 cm³/mol. The minimum atomic E-state index is -0.296. The Kier molecular flexibility index (Phi) is 5.28. The molecule has 0 aliphatic carbocycles. The topological polar surface area (TPSA) is 55.6 Å². The third-order valence-corrected chi connectivity index (χ3v) is 4.83. The van der Waals surface area contributed by atoms with E-state index in [1.807, 2.05) is 24.3 Å². The van der Waals surface area contributed by atoms with E-state index in [-0.39, 0.29) is 5.97 Å². The Balaban J connectivity index is 1.67. The van der Waals surface area contributed by atoms with E-state index in [0.717, 1.165) is 19.6 Å². The number of hydrogen-bond acceptors (Lipinski definition) is 4. The van der Waals surface area contributed by atoms with Crippen molar-refractivity contribution >= 4 is 5.97 Å². The number of esters is 1. The first-order chi connectivity index (χ1) is 11.7. The second kappa shape index (κ2) is 7.60. The molecule has 4 nitrogen and oxygen atoms in total. The summed E-state index contributed by atoms with van der Waals surface area (Å²) in [5.74, 6) is 0.683. The maximum Gasteiger partial charge on any atom is 0.337 e. The first-order valence-corrected chi connectivity index (χ1v) is 8.36. The summed E-state index contributed by atoms with van der Waals surface area (Å²) in [6.45, 7) is 3.61. The van der Waals surface area contributed by atoms with E-state index >= 15 is 0 Å². The summed E-state index contributed by atoms with van der Waals surface area (Å²) in [7, 11) is 1.40. The number of hydrogen-bond donors (Lipinski definition) is 1. The van der Waals surface area contributed by atoms with Crippen molar-refractivity contribution < 1.29 is 9.53 Å². The van der Waals surface area contributed by atoms with Crippen LogP contribution in [-0.2, 0) is 11.3 Å². The lowest BCUT2D eigenvalue weighted by molar-refractivity contribution is 0.0600. The summed E-state index contributed by atoms with van der Waals surface area (Å²) >= 11 is 0. The van der Waals surface area contributed by atoms with Gasteiger partial charge in [-0.15, -0.1) is 0 Å². The van der Waals surface area contributed by atoms with Gasteiger partial charge in [0.1, 0.15) is 0 Å². The van der Waals surface area contributed by atoms with Gasteiger partial charge in [-0.3, -0.25) is 4.90 Å². The molecular formula is C20H24N2O2. The predicted octanol–water partition coefficient (Wildman–Crippen LogP) is 2.65. The molecule has 0 saturated carbocycles. The quantitative estimate of drug-likeness (QED) is 0.859. The summed E-state index contributed by atoms with van der Waals surface area (Å²) in [5.41, 5.74) is 9.17. The largest absolute Gasteiger partial charge is 0.465 e. The Hall–Kier alpha value is -2.17. The van der Waals surface area contributed by atoms with E-state index in [9.17, 15) is 4.79 Å². The van der Waals surface area contributed by atoms with Crippen LogP contribution in [0.25, 0.3) is 0 Å². The summed E-state index contributed by atoms with van der Waals surface area (Å²) in [4.78, 5) is 14.0. The molecule has 1 heterocycles. The maximum atomic E-state index is 11.5. The highest BCUT2D eigenvalue weighted by Gasteiger charge is 2.32. The average molecular weight is 324 g/mol. The first kappa shape index (κ1) is 16.7. The zero-order valence-corrected chi connectivity index (χ0v) is 14.0. The molecule has 126 valence electrons. The van der Waals surface area contributed by atoms with Gasteiger partial charge in [0, 0.05) is 25.6 Å². The number of methoxy groups -OCH3 is 1. The molecule has 0 aromatic heterocycles. The van der Waals surface area contributed by atoms with Crippen molar-refractivity contribution in [1.29, 1.82) is 0 Å². The van der Waals surface area contributed by atoms with Crippen LogP contribution in [0.5, 0.6) is 0 Å². The van der Waals surface area contributed by atoms with Crippen molar-refractivity contribution in [3.05, 3.63) is 71.3 Å². The molecule has 2 atom stereocenters. The maximum absolute atomic E-state index is 11.5. The van der Waals surface area contributed by atoms with Gasteiger partial charge in [0.05, 0.1) is 12.7 Å².